The molecule has 3 N–H and O–H groups in total. The lowest BCUT2D eigenvalue weighted by Crippen LogP contribution is -2.37. The van der Waals surface area contributed by atoms with Crippen molar-refractivity contribution in [3.05, 3.63) is 95.3 Å². The third kappa shape index (κ3) is 6.41. The summed E-state index contributed by atoms with van der Waals surface area (Å²) < 4.78 is 0. The summed E-state index contributed by atoms with van der Waals surface area (Å²) >= 11 is 0. The molecule has 0 saturated heterocycles. The molecule has 3 rings (SSSR count). The van der Waals surface area contributed by atoms with Gasteiger partial charge in [-0.15, -0.1) is 0 Å². The summed E-state index contributed by atoms with van der Waals surface area (Å²) in [5, 5.41) is 9.75. The molecule has 1 heterocycles. The van der Waals surface area contributed by atoms with Crippen LogP contribution < -0.4 is 16.0 Å². The highest BCUT2D eigenvalue weighted by atomic mass is 16.2. The van der Waals surface area contributed by atoms with Crippen molar-refractivity contribution >= 4 is 11.7 Å². The van der Waals surface area contributed by atoms with Crippen molar-refractivity contribution in [2.45, 2.75) is 52.1 Å². The number of anilines is 1. The van der Waals surface area contributed by atoms with Crippen LogP contribution in [0, 0.1) is 0 Å². The maximum Gasteiger partial charge on any atom is 0.319 e. The molecular weight excluding hydrogens is 396 g/mol. The maximum absolute atomic E-state index is 12.9. The first-order chi connectivity index (χ1) is 15.5. The Kier molecular flexibility index (Phi) is 8.40. The molecule has 0 bridgehead atoms. The second-order valence-electron chi connectivity index (χ2n) is 8.66. The van der Waals surface area contributed by atoms with E-state index in [4.69, 9.17) is 0 Å². The monoisotopic (exact) mass is 430 g/mol. The summed E-state index contributed by atoms with van der Waals surface area (Å²) in [6.45, 7) is 9.74. The molecule has 168 valence electrons. The molecule has 0 aliphatic rings. The van der Waals surface area contributed by atoms with Gasteiger partial charge < -0.3 is 16.0 Å². The van der Waals surface area contributed by atoms with Crippen molar-refractivity contribution in [1.29, 1.82) is 0 Å². The van der Waals surface area contributed by atoms with Gasteiger partial charge in [0.05, 0.1) is 0 Å². The van der Waals surface area contributed by atoms with Crippen LogP contribution in [0.25, 0.3) is 0 Å². The number of nitrogens with zero attached hydrogens (tertiary/aromatic N) is 1. The number of rotatable bonds is 9. The fraction of sp³-hybridized carbons (Fsp3) is 0.333. The van der Waals surface area contributed by atoms with E-state index in [9.17, 15) is 4.79 Å². The Morgan fingerprint density at radius 1 is 0.875 bits per heavy atom. The van der Waals surface area contributed by atoms with Crippen LogP contribution in [0.4, 0.5) is 10.5 Å². The summed E-state index contributed by atoms with van der Waals surface area (Å²) in [5.74, 6) is 0.643. The van der Waals surface area contributed by atoms with Crippen LogP contribution in [-0.2, 0) is 6.54 Å². The average molecular weight is 431 g/mol. The van der Waals surface area contributed by atoms with Crippen molar-refractivity contribution < 1.29 is 4.79 Å². The molecule has 2 aromatic carbocycles. The first kappa shape index (κ1) is 23.5. The Morgan fingerprint density at radius 2 is 1.56 bits per heavy atom. The second kappa shape index (κ2) is 11.4. The number of hydrogen-bond donors (Lipinski definition) is 3. The molecule has 0 radical (unpaired) electrons. The van der Waals surface area contributed by atoms with Crippen LogP contribution in [0.3, 0.4) is 0 Å². The molecule has 0 fully saturated rings. The van der Waals surface area contributed by atoms with Gasteiger partial charge in [0.2, 0.25) is 0 Å². The summed E-state index contributed by atoms with van der Waals surface area (Å²) in [5.41, 5.74) is 5.46. The standard InChI is InChI=1S/C27H34N4O/c1-19(2)23-13-8-14-24(20(3)4)26(23)31-27(32)30-18-25(22-11-6-5-7-12-22)29-17-21-10-9-15-28-16-21/h5-16,19-20,25,29H,17-18H2,1-4H3,(H2,30,31,32)/t25-/m0/s1. The number of urea groups is 1. The zero-order valence-corrected chi connectivity index (χ0v) is 19.4. The largest absolute Gasteiger partial charge is 0.336 e. The highest BCUT2D eigenvalue weighted by Crippen LogP contribution is 2.32. The van der Waals surface area contributed by atoms with E-state index in [0.717, 1.165) is 27.9 Å². The minimum atomic E-state index is -0.191. The van der Waals surface area contributed by atoms with E-state index in [0.29, 0.717) is 24.9 Å². The highest BCUT2D eigenvalue weighted by Gasteiger charge is 2.17. The van der Waals surface area contributed by atoms with E-state index >= 15 is 0 Å². The van der Waals surface area contributed by atoms with Gasteiger partial charge in [-0.1, -0.05) is 82.3 Å². The second-order valence-corrected chi connectivity index (χ2v) is 8.66. The van der Waals surface area contributed by atoms with Gasteiger partial charge in [-0.05, 0) is 40.2 Å². The van der Waals surface area contributed by atoms with E-state index in [1.165, 1.54) is 0 Å². The lowest BCUT2D eigenvalue weighted by Gasteiger charge is -2.22. The minimum Gasteiger partial charge on any atom is -0.336 e. The van der Waals surface area contributed by atoms with Gasteiger partial charge in [0.25, 0.3) is 0 Å². The number of carbonyl (C=O) groups excluding carboxylic acids is 1. The predicted molar refractivity (Wildman–Crippen MR) is 132 cm³/mol. The van der Waals surface area contributed by atoms with E-state index in [1.807, 2.05) is 36.5 Å². The van der Waals surface area contributed by atoms with Gasteiger partial charge in [0.1, 0.15) is 0 Å². The Hall–Kier alpha value is -3.18. The van der Waals surface area contributed by atoms with E-state index in [2.05, 4.69) is 79.0 Å². The van der Waals surface area contributed by atoms with Gasteiger partial charge in [0.15, 0.2) is 0 Å². The molecule has 3 aromatic rings. The fourth-order valence-electron chi connectivity index (χ4n) is 3.78. The Bertz CT molecular complexity index is 961. The zero-order valence-electron chi connectivity index (χ0n) is 19.4. The predicted octanol–water partition coefficient (Wildman–Crippen LogP) is 5.98. The van der Waals surface area contributed by atoms with E-state index in [1.54, 1.807) is 6.20 Å². The third-order valence-electron chi connectivity index (χ3n) is 5.56. The van der Waals surface area contributed by atoms with Crippen LogP contribution in [0.5, 0.6) is 0 Å². The van der Waals surface area contributed by atoms with Crippen LogP contribution in [0.15, 0.2) is 73.1 Å². The molecule has 0 aliphatic carbocycles. The quantitative estimate of drug-likeness (QED) is 0.391. The maximum atomic E-state index is 12.9. The fourth-order valence-corrected chi connectivity index (χ4v) is 3.78. The Balaban J connectivity index is 1.70. The minimum absolute atomic E-state index is 0.0212. The number of amides is 2. The van der Waals surface area contributed by atoms with Crippen LogP contribution in [0.1, 0.15) is 67.8 Å². The van der Waals surface area contributed by atoms with Gasteiger partial charge in [-0.3, -0.25) is 4.98 Å². The summed E-state index contributed by atoms with van der Waals surface area (Å²) in [4.78, 5) is 17.1. The Morgan fingerprint density at radius 3 is 2.16 bits per heavy atom. The molecular formula is C27H34N4O. The molecule has 0 spiro atoms. The van der Waals surface area contributed by atoms with Crippen molar-refractivity contribution in [1.82, 2.24) is 15.6 Å². The molecule has 0 saturated carbocycles. The number of pyridine rings is 1. The SMILES string of the molecule is CC(C)c1cccc(C(C)C)c1NC(=O)NC[C@H](NCc1cccnc1)c1ccccc1. The van der Waals surface area contributed by atoms with Gasteiger partial charge in [-0.25, -0.2) is 4.79 Å². The lowest BCUT2D eigenvalue weighted by atomic mass is 9.93. The molecule has 5 heteroatoms. The molecule has 2 amide bonds. The highest BCUT2D eigenvalue weighted by molar-refractivity contribution is 5.91. The van der Waals surface area contributed by atoms with Crippen molar-refractivity contribution in [2.75, 3.05) is 11.9 Å². The van der Waals surface area contributed by atoms with Crippen LogP contribution in [-0.4, -0.2) is 17.6 Å². The zero-order chi connectivity index (χ0) is 22.9. The average Bonchev–Trinajstić information content (AvgIpc) is 2.80. The molecule has 0 unspecified atom stereocenters. The third-order valence-corrected chi connectivity index (χ3v) is 5.56. The van der Waals surface area contributed by atoms with E-state index in [-0.39, 0.29) is 12.1 Å². The number of hydrogen-bond acceptors (Lipinski definition) is 3. The number of para-hydroxylation sites is 1. The first-order valence-corrected chi connectivity index (χ1v) is 11.3. The number of benzene rings is 2. The molecule has 32 heavy (non-hydrogen) atoms. The van der Waals surface area contributed by atoms with E-state index < -0.39 is 0 Å². The molecule has 1 atom stereocenters. The molecule has 0 aliphatic heterocycles. The smallest absolute Gasteiger partial charge is 0.319 e. The topological polar surface area (TPSA) is 66.1 Å². The van der Waals surface area contributed by atoms with Gasteiger partial charge in [-0.2, -0.15) is 0 Å². The van der Waals surface area contributed by atoms with Crippen LogP contribution >= 0.6 is 0 Å². The summed E-state index contributed by atoms with van der Waals surface area (Å²) in [6.07, 6.45) is 3.62. The number of carbonyl (C=O) groups is 1. The number of nitrogens with one attached hydrogen (secondary N) is 3. The van der Waals surface area contributed by atoms with Crippen molar-refractivity contribution in [3.8, 4) is 0 Å². The Labute approximate surface area is 191 Å². The van der Waals surface area contributed by atoms with Crippen molar-refractivity contribution in [3.63, 3.8) is 0 Å². The summed E-state index contributed by atoms with van der Waals surface area (Å²) in [6, 6.07) is 20.2. The summed E-state index contributed by atoms with van der Waals surface area (Å²) in [7, 11) is 0. The first-order valence-electron chi connectivity index (χ1n) is 11.3. The number of aromatic nitrogens is 1. The lowest BCUT2D eigenvalue weighted by molar-refractivity contribution is 0.250. The molecule has 1 aromatic heterocycles. The van der Waals surface area contributed by atoms with Gasteiger partial charge in [0, 0.05) is 37.2 Å². The van der Waals surface area contributed by atoms with Crippen LogP contribution in [0.2, 0.25) is 0 Å². The molecule has 5 nitrogen and oxygen atoms in total. The normalized spacial score (nSPS) is 12.1. The van der Waals surface area contributed by atoms with Gasteiger partial charge >= 0.3 is 6.03 Å². The van der Waals surface area contributed by atoms with Crippen molar-refractivity contribution in [2.24, 2.45) is 0 Å².